The van der Waals surface area contributed by atoms with Crippen LogP contribution >= 0.6 is 0 Å². The second kappa shape index (κ2) is 5.69. The number of pyridine rings is 2. The molecule has 2 rings (SSSR count). The Morgan fingerprint density at radius 2 is 2.15 bits per heavy atom. The number of nitrogens with zero attached hydrogens (tertiary/aromatic N) is 2. The Morgan fingerprint density at radius 1 is 1.40 bits per heavy atom. The third-order valence-electron chi connectivity index (χ3n) is 3.16. The van der Waals surface area contributed by atoms with Gasteiger partial charge in [0.1, 0.15) is 5.56 Å². The maximum Gasteiger partial charge on any atom is 0.263 e. The van der Waals surface area contributed by atoms with E-state index in [2.05, 4.69) is 10.3 Å². The van der Waals surface area contributed by atoms with E-state index in [1.54, 1.807) is 25.5 Å². The summed E-state index contributed by atoms with van der Waals surface area (Å²) >= 11 is 0. The second-order valence-electron chi connectivity index (χ2n) is 4.77. The largest absolute Gasteiger partial charge is 0.348 e. The summed E-state index contributed by atoms with van der Waals surface area (Å²) < 4.78 is 1.38. The number of carbonyl (C=O) groups is 1. The summed E-state index contributed by atoms with van der Waals surface area (Å²) in [5, 5.41) is 2.75. The van der Waals surface area contributed by atoms with Gasteiger partial charge < -0.3 is 9.88 Å². The Labute approximate surface area is 117 Å². The standard InChI is InChI=1S/C15H17N3O2/c1-10-7-11(2)16-8-12(10)9-17-14(19)13-5-4-6-18(3)15(13)20/h4-8H,9H2,1-3H3,(H,17,19). The van der Waals surface area contributed by atoms with Gasteiger partial charge in [-0.25, -0.2) is 0 Å². The highest BCUT2D eigenvalue weighted by Crippen LogP contribution is 2.07. The molecule has 1 N–H and O–H groups in total. The maximum atomic E-state index is 12.0. The van der Waals surface area contributed by atoms with Crippen LogP contribution in [0.5, 0.6) is 0 Å². The molecule has 5 nitrogen and oxygen atoms in total. The lowest BCUT2D eigenvalue weighted by molar-refractivity contribution is 0.0949. The van der Waals surface area contributed by atoms with E-state index in [1.165, 1.54) is 10.6 Å². The van der Waals surface area contributed by atoms with E-state index < -0.39 is 0 Å². The third-order valence-corrected chi connectivity index (χ3v) is 3.16. The molecule has 0 atom stereocenters. The minimum absolute atomic E-state index is 0.146. The van der Waals surface area contributed by atoms with Gasteiger partial charge in [0, 0.05) is 31.7 Å². The molecule has 0 aliphatic heterocycles. The van der Waals surface area contributed by atoms with Crippen molar-refractivity contribution in [3.05, 3.63) is 63.3 Å². The van der Waals surface area contributed by atoms with Crippen molar-refractivity contribution in [2.24, 2.45) is 7.05 Å². The molecule has 2 aromatic rings. The fraction of sp³-hybridized carbons (Fsp3) is 0.267. The lowest BCUT2D eigenvalue weighted by Crippen LogP contribution is -2.31. The number of aryl methyl sites for hydroxylation is 3. The van der Waals surface area contributed by atoms with Gasteiger partial charge in [0.25, 0.3) is 11.5 Å². The molecule has 1 amide bonds. The minimum Gasteiger partial charge on any atom is -0.348 e. The topological polar surface area (TPSA) is 64.0 Å². The molecule has 5 heteroatoms. The van der Waals surface area contributed by atoms with Crippen molar-refractivity contribution in [2.75, 3.05) is 0 Å². The molecule has 0 saturated heterocycles. The average molecular weight is 271 g/mol. The van der Waals surface area contributed by atoms with E-state index in [4.69, 9.17) is 0 Å². The van der Waals surface area contributed by atoms with Gasteiger partial charge in [-0.15, -0.1) is 0 Å². The smallest absolute Gasteiger partial charge is 0.263 e. The Kier molecular flexibility index (Phi) is 3.98. The highest BCUT2D eigenvalue weighted by molar-refractivity contribution is 5.93. The Morgan fingerprint density at radius 3 is 2.85 bits per heavy atom. The summed E-state index contributed by atoms with van der Waals surface area (Å²) in [5.74, 6) is -0.369. The number of aromatic nitrogens is 2. The molecule has 0 saturated carbocycles. The number of carbonyl (C=O) groups excluding carboxylic acids is 1. The summed E-state index contributed by atoms with van der Waals surface area (Å²) in [6.07, 6.45) is 3.36. The zero-order valence-electron chi connectivity index (χ0n) is 11.8. The van der Waals surface area contributed by atoms with Crippen molar-refractivity contribution >= 4 is 5.91 Å². The van der Waals surface area contributed by atoms with Crippen LogP contribution in [-0.2, 0) is 13.6 Å². The van der Waals surface area contributed by atoms with Crippen LogP contribution in [0.2, 0.25) is 0 Å². The summed E-state index contributed by atoms with van der Waals surface area (Å²) in [4.78, 5) is 28.1. The van der Waals surface area contributed by atoms with Crippen molar-refractivity contribution in [1.29, 1.82) is 0 Å². The molecule has 0 spiro atoms. The third kappa shape index (κ3) is 2.93. The number of hydrogen-bond donors (Lipinski definition) is 1. The Hall–Kier alpha value is -2.43. The highest BCUT2D eigenvalue weighted by Gasteiger charge is 2.11. The van der Waals surface area contributed by atoms with Crippen molar-refractivity contribution in [1.82, 2.24) is 14.9 Å². The van der Waals surface area contributed by atoms with Gasteiger partial charge in [-0.05, 0) is 43.2 Å². The summed E-state index contributed by atoms with van der Waals surface area (Å²) in [7, 11) is 1.62. The summed E-state index contributed by atoms with van der Waals surface area (Å²) in [6, 6.07) is 5.16. The molecule has 0 aliphatic carbocycles. The van der Waals surface area contributed by atoms with Gasteiger partial charge >= 0.3 is 0 Å². The molecule has 0 fully saturated rings. The predicted octanol–water partition coefficient (Wildman–Crippen LogP) is 1.33. The summed E-state index contributed by atoms with van der Waals surface area (Å²) in [5.41, 5.74) is 2.79. The molecule has 0 aromatic carbocycles. The van der Waals surface area contributed by atoms with Crippen molar-refractivity contribution < 1.29 is 4.79 Å². The monoisotopic (exact) mass is 271 g/mol. The van der Waals surface area contributed by atoms with Gasteiger partial charge in [-0.3, -0.25) is 14.6 Å². The maximum absolute atomic E-state index is 12.0. The zero-order valence-corrected chi connectivity index (χ0v) is 11.8. The number of amides is 1. The quantitative estimate of drug-likeness (QED) is 0.916. The summed E-state index contributed by atoms with van der Waals surface area (Å²) in [6.45, 7) is 4.25. The Balaban J connectivity index is 2.13. The van der Waals surface area contributed by atoms with E-state index >= 15 is 0 Å². The van der Waals surface area contributed by atoms with Gasteiger partial charge in [0.15, 0.2) is 0 Å². The fourth-order valence-electron chi connectivity index (χ4n) is 1.95. The first kappa shape index (κ1) is 14.0. The molecular weight excluding hydrogens is 254 g/mol. The highest BCUT2D eigenvalue weighted by atomic mass is 16.2. The van der Waals surface area contributed by atoms with Crippen LogP contribution < -0.4 is 10.9 Å². The van der Waals surface area contributed by atoms with Crippen LogP contribution in [0, 0.1) is 13.8 Å². The normalized spacial score (nSPS) is 10.3. The van der Waals surface area contributed by atoms with Crippen LogP contribution in [0.15, 0.2) is 35.4 Å². The van der Waals surface area contributed by atoms with E-state index in [1.807, 2.05) is 19.9 Å². The molecular formula is C15H17N3O2. The van der Waals surface area contributed by atoms with E-state index in [0.29, 0.717) is 6.54 Å². The van der Waals surface area contributed by atoms with Gasteiger partial charge in [0.05, 0.1) is 0 Å². The zero-order chi connectivity index (χ0) is 14.7. The fourth-order valence-corrected chi connectivity index (χ4v) is 1.95. The second-order valence-corrected chi connectivity index (χ2v) is 4.77. The molecule has 0 aliphatic rings. The van der Waals surface area contributed by atoms with E-state index in [-0.39, 0.29) is 17.0 Å². The minimum atomic E-state index is -0.369. The van der Waals surface area contributed by atoms with E-state index in [9.17, 15) is 9.59 Å². The van der Waals surface area contributed by atoms with Gasteiger partial charge in [-0.1, -0.05) is 0 Å². The van der Waals surface area contributed by atoms with Crippen molar-refractivity contribution in [2.45, 2.75) is 20.4 Å². The first-order valence-corrected chi connectivity index (χ1v) is 6.35. The first-order chi connectivity index (χ1) is 9.49. The number of rotatable bonds is 3. The molecule has 0 unspecified atom stereocenters. The van der Waals surface area contributed by atoms with Gasteiger partial charge in [-0.2, -0.15) is 0 Å². The molecule has 20 heavy (non-hydrogen) atoms. The SMILES string of the molecule is Cc1cc(C)c(CNC(=O)c2cccn(C)c2=O)cn1. The molecule has 0 bridgehead atoms. The lowest BCUT2D eigenvalue weighted by atomic mass is 10.1. The van der Waals surface area contributed by atoms with Crippen molar-refractivity contribution in [3.8, 4) is 0 Å². The average Bonchev–Trinajstić information content (AvgIpc) is 2.40. The van der Waals surface area contributed by atoms with Crippen LogP contribution in [0.4, 0.5) is 0 Å². The van der Waals surface area contributed by atoms with Crippen LogP contribution in [-0.4, -0.2) is 15.5 Å². The number of hydrogen-bond acceptors (Lipinski definition) is 3. The molecule has 0 radical (unpaired) electrons. The Bertz CT molecular complexity index is 705. The molecule has 2 heterocycles. The van der Waals surface area contributed by atoms with Crippen LogP contribution in [0.3, 0.4) is 0 Å². The molecule has 2 aromatic heterocycles. The number of nitrogens with one attached hydrogen (secondary N) is 1. The van der Waals surface area contributed by atoms with Gasteiger partial charge in [0.2, 0.25) is 0 Å². The van der Waals surface area contributed by atoms with E-state index in [0.717, 1.165) is 16.8 Å². The molecule has 104 valence electrons. The van der Waals surface area contributed by atoms with Crippen LogP contribution in [0.1, 0.15) is 27.2 Å². The van der Waals surface area contributed by atoms with Crippen LogP contribution in [0.25, 0.3) is 0 Å². The predicted molar refractivity (Wildman–Crippen MR) is 76.6 cm³/mol. The van der Waals surface area contributed by atoms with Crippen molar-refractivity contribution in [3.63, 3.8) is 0 Å². The first-order valence-electron chi connectivity index (χ1n) is 6.35. The lowest BCUT2D eigenvalue weighted by Gasteiger charge is -2.08.